The highest BCUT2D eigenvalue weighted by Gasteiger charge is 2.23. The number of aryl methyl sites for hydroxylation is 3. The lowest BCUT2D eigenvalue weighted by Crippen LogP contribution is -2.17. The Kier molecular flexibility index (Phi) is 6.53. The molecule has 1 atom stereocenters. The van der Waals surface area contributed by atoms with Gasteiger partial charge in [0.25, 0.3) is 0 Å². The van der Waals surface area contributed by atoms with Crippen LogP contribution in [-0.2, 0) is 17.8 Å². The molecule has 0 saturated heterocycles. The number of hydrogen-bond acceptors (Lipinski definition) is 6. The van der Waals surface area contributed by atoms with E-state index in [2.05, 4.69) is 10.2 Å². The zero-order chi connectivity index (χ0) is 21.0. The van der Waals surface area contributed by atoms with Crippen LogP contribution < -0.4 is 5.73 Å². The number of carbonyl (C=O) groups is 2. The predicted octanol–water partition coefficient (Wildman–Crippen LogP) is 3.32. The number of nitrogens with zero attached hydrogens (tertiary/aromatic N) is 3. The molecule has 0 aliphatic heterocycles. The van der Waals surface area contributed by atoms with Gasteiger partial charge in [-0.05, 0) is 44.5 Å². The van der Waals surface area contributed by atoms with Crippen molar-refractivity contribution in [3.05, 3.63) is 64.9 Å². The number of nitrogens with two attached hydrogens (primary N) is 1. The van der Waals surface area contributed by atoms with Crippen LogP contribution in [0, 0.1) is 13.8 Å². The van der Waals surface area contributed by atoms with E-state index < -0.39 is 5.91 Å². The molecule has 0 unspecified atom stereocenters. The molecule has 0 spiro atoms. The fourth-order valence-electron chi connectivity index (χ4n) is 2.98. The van der Waals surface area contributed by atoms with Crippen LogP contribution in [0.2, 0.25) is 0 Å². The maximum atomic E-state index is 13.0. The predicted molar refractivity (Wildman–Crippen MR) is 111 cm³/mol. The van der Waals surface area contributed by atoms with Gasteiger partial charge in [0.2, 0.25) is 5.91 Å². The van der Waals surface area contributed by atoms with E-state index in [0.717, 1.165) is 22.5 Å². The lowest BCUT2D eigenvalue weighted by atomic mass is 10.0. The largest absolute Gasteiger partial charge is 0.467 e. The Morgan fingerprint density at radius 2 is 2.03 bits per heavy atom. The lowest BCUT2D eigenvalue weighted by Gasteiger charge is -2.14. The summed E-state index contributed by atoms with van der Waals surface area (Å²) in [5.74, 6) is 1.02. The SMILES string of the molecule is Cc1ccc(C)c(C(=O)[C@H](C)Sc2nnc(CCC(N)=O)n2Cc2ccco2)c1. The standard InChI is InChI=1S/C21H24N4O3S/c1-13-6-7-14(2)17(11-13)20(27)15(3)29-21-24-23-19(9-8-18(22)26)25(21)12-16-5-4-10-28-16/h4-7,10-11,15H,8-9,12H2,1-3H3,(H2,22,26)/t15-/m0/s1. The third kappa shape index (κ3) is 5.14. The minimum absolute atomic E-state index is 0.0439. The van der Waals surface area contributed by atoms with Gasteiger partial charge in [0.15, 0.2) is 10.9 Å². The normalized spacial score (nSPS) is 12.1. The van der Waals surface area contributed by atoms with Crippen molar-refractivity contribution in [2.75, 3.05) is 0 Å². The zero-order valence-electron chi connectivity index (χ0n) is 16.7. The number of thioether (sulfide) groups is 1. The van der Waals surface area contributed by atoms with Gasteiger partial charge in [0.05, 0.1) is 18.1 Å². The van der Waals surface area contributed by atoms with Crippen LogP contribution in [0.25, 0.3) is 0 Å². The Hall–Kier alpha value is -2.87. The fourth-order valence-corrected chi connectivity index (χ4v) is 3.91. The Balaban J connectivity index is 1.84. The number of ketones is 1. The van der Waals surface area contributed by atoms with Gasteiger partial charge in [-0.3, -0.25) is 14.2 Å². The first-order valence-corrected chi connectivity index (χ1v) is 10.2. The molecule has 2 N–H and O–H groups in total. The van der Waals surface area contributed by atoms with E-state index in [1.54, 1.807) is 6.26 Å². The molecule has 0 radical (unpaired) electrons. The number of primary amides is 1. The molecule has 2 heterocycles. The molecule has 0 bridgehead atoms. The van der Waals surface area contributed by atoms with Crippen molar-refractivity contribution >= 4 is 23.5 Å². The van der Waals surface area contributed by atoms with Crippen LogP contribution in [0.1, 0.15) is 46.4 Å². The molecule has 0 aliphatic carbocycles. The summed E-state index contributed by atoms with van der Waals surface area (Å²) in [6.07, 6.45) is 2.16. The van der Waals surface area contributed by atoms with E-state index in [-0.39, 0.29) is 17.5 Å². The quantitative estimate of drug-likeness (QED) is 0.427. The van der Waals surface area contributed by atoms with Crippen molar-refractivity contribution in [1.82, 2.24) is 14.8 Å². The number of aromatic nitrogens is 3. The second kappa shape index (κ2) is 9.09. The molecular formula is C21H24N4O3S. The molecular weight excluding hydrogens is 388 g/mol. The smallest absolute Gasteiger partial charge is 0.217 e. The van der Waals surface area contributed by atoms with Crippen molar-refractivity contribution in [2.24, 2.45) is 5.73 Å². The van der Waals surface area contributed by atoms with E-state index in [0.29, 0.717) is 23.9 Å². The first-order chi connectivity index (χ1) is 13.8. The Morgan fingerprint density at radius 1 is 1.24 bits per heavy atom. The molecule has 1 aromatic carbocycles. The molecule has 0 fully saturated rings. The minimum Gasteiger partial charge on any atom is -0.467 e. The summed E-state index contributed by atoms with van der Waals surface area (Å²) in [4.78, 5) is 24.2. The van der Waals surface area contributed by atoms with E-state index >= 15 is 0 Å². The van der Waals surface area contributed by atoms with Gasteiger partial charge in [0, 0.05) is 18.4 Å². The van der Waals surface area contributed by atoms with Gasteiger partial charge in [-0.15, -0.1) is 10.2 Å². The number of amides is 1. The summed E-state index contributed by atoms with van der Waals surface area (Å²) in [7, 11) is 0. The second-order valence-corrected chi connectivity index (χ2v) is 8.28. The van der Waals surface area contributed by atoms with Gasteiger partial charge in [-0.2, -0.15) is 0 Å². The summed E-state index contributed by atoms with van der Waals surface area (Å²) in [6.45, 7) is 6.19. The highest BCUT2D eigenvalue weighted by Crippen LogP contribution is 2.27. The molecule has 29 heavy (non-hydrogen) atoms. The van der Waals surface area contributed by atoms with Gasteiger partial charge in [-0.25, -0.2) is 0 Å². The zero-order valence-corrected chi connectivity index (χ0v) is 17.5. The van der Waals surface area contributed by atoms with Gasteiger partial charge in [-0.1, -0.05) is 29.5 Å². The Morgan fingerprint density at radius 3 is 2.72 bits per heavy atom. The van der Waals surface area contributed by atoms with Gasteiger partial charge >= 0.3 is 0 Å². The molecule has 8 heteroatoms. The van der Waals surface area contributed by atoms with Crippen molar-refractivity contribution in [3.63, 3.8) is 0 Å². The van der Waals surface area contributed by atoms with Crippen molar-refractivity contribution in [3.8, 4) is 0 Å². The van der Waals surface area contributed by atoms with Crippen LogP contribution in [0.15, 0.2) is 46.2 Å². The van der Waals surface area contributed by atoms with E-state index in [4.69, 9.17) is 10.2 Å². The average Bonchev–Trinajstić information content (AvgIpc) is 3.32. The number of furan rings is 1. The Bertz CT molecular complexity index is 1010. The summed E-state index contributed by atoms with van der Waals surface area (Å²) in [5.41, 5.74) is 8.00. The summed E-state index contributed by atoms with van der Waals surface area (Å²) >= 11 is 1.35. The van der Waals surface area contributed by atoms with Crippen LogP contribution in [0.5, 0.6) is 0 Å². The molecule has 2 aromatic heterocycles. The maximum absolute atomic E-state index is 13.0. The molecule has 7 nitrogen and oxygen atoms in total. The van der Waals surface area contributed by atoms with Gasteiger partial charge in [0.1, 0.15) is 11.6 Å². The summed E-state index contributed by atoms with van der Waals surface area (Å²) in [6, 6.07) is 9.54. The molecule has 1 amide bonds. The van der Waals surface area contributed by atoms with Crippen molar-refractivity contribution < 1.29 is 14.0 Å². The van der Waals surface area contributed by atoms with Crippen LogP contribution >= 0.6 is 11.8 Å². The molecule has 3 rings (SSSR count). The highest BCUT2D eigenvalue weighted by atomic mass is 32.2. The number of rotatable bonds is 9. The Labute approximate surface area is 173 Å². The van der Waals surface area contributed by atoms with Crippen LogP contribution in [0.3, 0.4) is 0 Å². The monoisotopic (exact) mass is 412 g/mol. The highest BCUT2D eigenvalue weighted by molar-refractivity contribution is 8.00. The second-order valence-electron chi connectivity index (χ2n) is 6.97. The molecule has 3 aromatic rings. The third-order valence-electron chi connectivity index (χ3n) is 4.59. The topological polar surface area (TPSA) is 104 Å². The fraction of sp³-hybridized carbons (Fsp3) is 0.333. The lowest BCUT2D eigenvalue weighted by molar-refractivity contribution is -0.118. The first kappa shape index (κ1) is 20.9. The number of carbonyl (C=O) groups excluding carboxylic acids is 2. The third-order valence-corrected chi connectivity index (χ3v) is 5.67. The number of hydrogen-bond donors (Lipinski definition) is 1. The van der Waals surface area contributed by atoms with Crippen LogP contribution in [-0.4, -0.2) is 31.7 Å². The number of Topliss-reactive ketones (excluding diaryl/α,β-unsaturated/α-hetero) is 1. The van der Waals surface area contributed by atoms with E-state index in [9.17, 15) is 9.59 Å². The van der Waals surface area contributed by atoms with Gasteiger partial charge < -0.3 is 10.2 Å². The molecule has 152 valence electrons. The molecule has 0 saturated carbocycles. The molecule has 0 aliphatic rings. The van der Waals surface area contributed by atoms with Crippen molar-refractivity contribution in [1.29, 1.82) is 0 Å². The van der Waals surface area contributed by atoms with Crippen molar-refractivity contribution in [2.45, 2.75) is 50.6 Å². The average molecular weight is 413 g/mol. The van der Waals surface area contributed by atoms with Crippen LogP contribution in [0.4, 0.5) is 0 Å². The van der Waals surface area contributed by atoms with E-state index in [1.165, 1.54) is 11.8 Å². The minimum atomic E-state index is -0.398. The first-order valence-electron chi connectivity index (χ1n) is 9.36. The maximum Gasteiger partial charge on any atom is 0.217 e. The summed E-state index contributed by atoms with van der Waals surface area (Å²) < 4.78 is 7.32. The number of benzene rings is 1. The summed E-state index contributed by atoms with van der Waals surface area (Å²) in [5, 5.41) is 8.73. The van der Waals surface area contributed by atoms with E-state index in [1.807, 2.05) is 55.7 Å².